The minimum atomic E-state index is -1.17. The molecule has 5 aliphatic carbocycles. The molecular weight excluding hydrogens is 703 g/mol. The third kappa shape index (κ3) is 6.89. The fraction of sp³-hybridized carbons (Fsp3) is 0.750. The molecule has 0 amide bonds. The molecule has 0 aliphatic heterocycles. The Morgan fingerprint density at radius 1 is 0.911 bits per heavy atom. The lowest BCUT2D eigenvalue weighted by atomic mass is 9.33. The van der Waals surface area contributed by atoms with Gasteiger partial charge >= 0.3 is 17.9 Å². The number of esters is 2. The van der Waals surface area contributed by atoms with E-state index in [2.05, 4.69) is 91.6 Å². The molecule has 6 rings (SSSR count). The third-order valence-corrected chi connectivity index (χ3v) is 16.8. The number of fused-ring (bicyclic) bond motifs is 7. The lowest BCUT2D eigenvalue weighted by Gasteiger charge is -2.72. The monoisotopic (exact) mass is 774 g/mol. The molecular formula is C48H71NO7. The second-order valence-corrected chi connectivity index (χ2v) is 21.3. The summed E-state index contributed by atoms with van der Waals surface area (Å²) in [7, 11) is 2.10. The Morgan fingerprint density at radius 2 is 1.57 bits per heavy atom. The van der Waals surface area contributed by atoms with Gasteiger partial charge in [-0.1, -0.05) is 78.3 Å². The van der Waals surface area contributed by atoms with E-state index in [0.717, 1.165) is 63.5 Å². The Hall–Kier alpha value is -3.00. The van der Waals surface area contributed by atoms with Gasteiger partial charge in [0.25, 0.3) is 0 Å². The van der Waals surface area contributed by atoms with Crippen LogP contribution in [-0.4, -0.2) is 59.5 Å². The molecule has 1 aromatic rings. The molecule has 1 aromatic carbocycles. The number of Topliss-reactive ketones (excluding diaryl/α,β-unsaturated/α-hetero) is 1. The fourth-order valence-corrected chi connectivity index (χ4v) is 13.8. The molecule has 0 bridgehead atoms. The minimum Gasteiger partial charge on any atom is -0.481 e. The maximum atomic E-state index is 14.4. The molecule has 9 atom stereocenters. The van der Waals surface area contributed by atoms with Crippen LogP contribution in [0.5, 0.6) is 0 Å². The van der Waals surface area contributed by atoms with E-state index in [1.54, 1.807) is 13.8 Å². The summed E-state index contributed by atoms with van der Waals surface area (Å²) in [5.41, 5.74) is 2.82. The number of carboxylic acids is 1. The van der Waals surface area contributed by atoms with E-state index >= 15 is 0 Å². The van der Waals surface area contributed by atoms with Crippen LogP contribution < -0.4 is 0 Å². The van der Waals surface area contributed by atoms with Crippen molar-refractivity contribution < 1.29 is 33.8 Å². The molecule has 0 unspecified atom stereocenters. The van der Waals surface area contributed by atoms with Crippen LogP contribution in [0.25, 0.3) is 0 Å². The number of aryl methyl sites for hydroxylation is 1. The van der Waals surface area contributed by atoms with Crippen LogP contribution in [0.4, 0.5) is 0 Å². The number of hydrogen-bond acceptors (Lipinski definition) is 7. The maximum Gasteiger partial charge on any atom is 0.309 e. The summed E-state index contributed by atoms with van der Waals surface area (Å²) in [6, 6.07) is 8.60. The first-order valence-corrected chi connectivity index (χ1v) is 21.5. The summed E-state index contributed by atoms with van der Waals surface area (Å²) in [5.74, 6) is -0.336. The van der Waals surface area contributed by atoms with Crippen LogP contribution in [0.15, 0.2) is 35.4 Å². The number of benzene rings is 1. The van der Waals surface area contributed by atoms with E-state index in [1.807, 2.05) is 0 Å². The first kappa shape index (κ1) is 42.6. The van der Waals surface area contributed by atoms with E-state index in [4.69, 9.17) is 9.47 Å². The van der Waals surface area contributed by atoms with E-state index in [9.17, 15) is 24.3 Å². The largest absolute Gasteiger partial charge is 0.481 e. The van der Waals surface area contributed by atoms with E-state index < -0.39 is 28.9 Å². The van der Waals surface area contributed by atoms with Crippen LogP contribution in [-0.2, 0) is 35.2 Å². The number of carbonyl (C=O) groups excluding carboxylic acids is 3. The van der Waals surface area contributed by atoms with Crippen LogP contribution in [0.1, 0.15) is 145 Å². The first-order chi connectivity index (χ1) is 25.9. The molecule has 8 heteroatoms. The van der Waals surface area contributed by atoms with Gasteiger partial charge in [-0.05, 0) is 136 Å². The number of hydrogen-bond donors (Lipinski definition) is 1. The highest BCUT2D eigenvalue weighted by Gasteiger charge is 2.71. The van der Waals surface area contributed by atoms with E-state index in [1.165, 1.54) is 23.6 Å². The highest BCUT2D eigenvalue weighted by atomic mass is 16.5. The third-order valence-electron chi connectivity index (χ3n) is 16.8. The molecule has 1 N–H and O–H groups in total. The molecule has 0 aromatic heterocycles. The number of nitrogens with zero attached hydrogens (tertiary/aromatic N) is 1. The van der Waals surface area contributed by atoms with Crippen LogP contribution in [0.3, 0.4) is 0 Å². The molecule has 310 valence electrons. The van der Waals surface area contributed by atoms with Gasteiger partial charge in [-0.25, -0.2) is 0 Å². The average Bonchev–Trinajstić information content (AvgIpc) is 3.40. The Balaban J connectivity index is 1.31. The normalized spacial score (nSPS) is 35.6. The van der Waals surface area contributed by atoms with Gasteiger partial charge in [0.15, 0.2) is 5.78 Å². The SMILES string of the molecule is CC(=O)O[C@H](CN(C)Cc1ccc(C)cc1)[C@@]12CC[C@]3(C)[C@H](CC[C@@H]4[C@@]5(C)CC[C@H](OC(=O)CC(C)(C)C(=O)O)C(C)(C)[C@@H]5CC[C@]43C)C1=C(C(C)C)C(=O)C2. The summed E-state index contributed by atoms with van der Waals surface area (Å²) in [4.78, 5) is 54.5. The molecule has 0 saturated heterocycles. The van der Waals surface area contributed by atoms with Gasteiger partial charge in [-0.15, -0.1) is 0 Å². The van der Waals surface area contributed by atoms with Crippen molar-refractivity contribution in [3.8, 4) is 0 Å². The second kappa shape index (κ2) is 14.7. The lowest BCUT2D eigenvalue weighted by Crippen LogP contribution is -2.66. The van der Waals surface area contributed by atoms with Gasteiger partial charge in [-0.3, -0.25) is 24.1 Å². The highest BCUT2D eigenvalue weighted by molar-refractivity contribution is 6.01. The van der Waals surface area contributed by atoms with Crippen LogP contribution in [0.2, 0.25) is 0 Å². The number of carboxylic acid groups (broad SMARTS) is 1. The number of likely N-dealkylation sites (N-methyl/N-ethyl adjacent to an activating group) is 1. The zero-order valence-electron chi connectivity index (χ0n) is 36.6. The Kier molecular flexibility index (Phi) is 11.2. The molecule has 4 saturated carbocycles. The van der Waals surface area contributed by atoms with Crippen LogP contribution in [0, 0.1) is 63.1 Å². The molecule has 56 heavy (non-hydrogen) atoms. The van der Waals surface area contributed by atoms with Crippen molar-refractivity contribution in [1.82, 2.24) is 4.90 Å². The number of aliphatic carboxylic acids is 1. The van der Waals surface area contributed by atoms with E-state index in [-0.39, 0.29) is 57.8 Å². The Morgan fingerprint density at radius 3 is 2.18 bits per heavy atom. The molecule has 0 heterocycles. The lowest BCUT2D eigenvalue weighted by molar-refractivity contribution is -0.235. The van der Waals surface area contributed by atoms with Crippen molar-refractivity contribution >= 4 is 23.7 Å². The number of carbonyl (C=O) groups is 4. The smallest absolute Gasteiger partial charge is 0.309 e. The Labute approximate surface area is 336 Å². The summed E-state index contributed by atoms with van der Waals surface area (Å²) in [5, 5.41) is 9.65. The predicted octanol–water partition coefficient (Wildman–Crippen LogP) is 9.75. The van der Waals surface area contributed by atoms with Crippen molar-refractivity contribution in [3.05, 3.63) is 46.5 Å². The quantitative estimate of drug-likeness (QED) is 0.222. The van der Waals surface area contributed by atoms with E-state index in [0.29, 0.717) is 24.8 Å². The minimum absolute atomic E-state index is 0.0261. The molecule has 0 radical (unpaired) electrons. The van der Waals surface area contributed by atoms with Gasteiger partial charge < -0.3 is 14.6 Å². The zero-order chi connectivity index (χ0) is 41.4. The number of rotatable bonds is 11. The summed E-state index contributed by atoms with van der Waals surface area (Å²) < 4.78 is 12.6. The van der Waals surface area contributed by atoms with Gasteiger partial charge in [0, 0.05) is 37.3 Å². The van der Waals surface area contributed by atoms with Gasteiger partial charge in [0.05, 0.1) is 11.8 Å². The van der Waals surface area contributed by atoms with Crippen molar-refractivity contribution in [1.29, 1.82) is 0 Å². The fourth-order valence-electron chi connectivity index (χ4n) is 13.8. The first-order valence-electron chi connectivity index (χ1n) is 21.5. The zero-order valence-corrected chi connectivity index (χ0v) is 36.6. The number of ether oxygens (including phenoxy) is 2. The van der Waals surface area contributed by atoms with Gasteiger partial charge in [0.2, 0.25) is 0 Å². The second-order valence-electron chi connectivity index (χ2n) is 21.3. The predicted molar refractivity (Wildman–Crippen MR) is 218 cm³/mol. The maximum absolute atomic E-state index is 14.4. The van der Waals surface area contributed by atoms with Gasteiger partial charge in [-0.2, -0.15) is 0 Å². The van der Waals surface area contributed by atoms with Crippen molar-refractivity contribution in [3.63, 3.8) is 0 Å². The van der Waals surface area contributed by atoms with Crippen molar-refractivity contribution in [2.24, 2.45) is 56.2 Å². The average molecular weight is 774 g/mol. The summed E-state index contributed by atoms with van der Waals surface area (Å²) in [6.45, 7) is 24.6. The summed E-state index contributed by atoms with van der Waals surface area (Å²) in [6.07, 6.45) is 7.32. The number of allylic oxidation sites excluding steroid dienone is 1. The summed E-state index contributed by atoms with van der Waals surface area (Å²) >= 11 is 0. The topological polar surface area (TPSA) is 110 Å². The van der Waals surface area contributed by atoms with Crippen molar-refractivity contribution in [2.75, 3.05) is 13.6 Å². The molecule has 5 aliphatic rings. The molecule has 0 spiro atoms. The Bertz CT molecular complexity index is 1760. The molecule has 8 nitrogen and oxygen atoms in total. The van der Waals surface area contributed by atoms with Crippen LogP contribution >= 0.6 is 0 Å². The number of ketones is 1. The van der Waals surface area contributed by atoms with Crippen molar-refractivity contribution in [2.45, 2.75) is 159 Å². The highest BCUT2D eigenvalue weighted by Crippen LogP contribution is 2.77. The van der Waals surface area contributed by atoms with Gasteiger partial charge in [0.1, 0.15) is 12.2 Å². The standard InChI is InChI=1S/C48H71NO7/c1-29(2)40-34(51)25-48(38(55-31(4)50)28-49(12)27-32-15-13-30(3)14-16-32)24-23-46(10)33(41(40)48)17-18-36-45(9)21-20-37(56-39(52)26-43(5,6)42(53)54)44(7,8)35(45)19-22-47(36,46)11/h13-16,29,33,35-38H,17-28H2,1-12H3,(H,53,54)/t33-,35+,36-,37+,38-,45+,46-,47-,48+/m1/s1. The molecule has 4 fully saturated rings.